The summed E-state index contributed by atoms with van der Waals surface area (Å²) >= 11 is 0. The largest absolute Gasteiger partial charge is 0.375 e. The molecule has 2 rings (SSSR count). The van der Waals surface area contributed by atoms with Crippen molar-refractivity contribution < 1.29 is 4.79 Å². The molecule has 2 aromatic rings. The van der Waals surface area contributed by atoms with Crippen molar-refractivity contribution in [2.24, 2.45) is 0 Å². The fraction of sp³-hybridized carbons (Fsp3) is 0.300. The molecule has 7 heteroatoms. The van der Waals surface area contributed by atoms with Gasteiger partial charge in [-0.3, -0.25) is 9.48 Å². The van der Waals surface area contributed by atoms with Crippen LogP contribution >= 0.6 is 0 Å². The Bertz CT molecular complexity index is 475. The van der Waals surface area contributed by atoms with Gasteiger partial charge in [0.25, 0.3) is 0 Å². The molecule has 0 aliphatic carbocycles. The second-order valence-electron chi connectivity index (χ2n) is 3.49. The number of aromatic nitrogens is 4. The molecule has 0 aliphatic rings. The number of carbonyl (C=O) groups excluding carboxylic acids is 1. The summed E-state index contributed by atoms with van der Waals surface area (Å²) in [7, 11) is 1.60. The van der Waals surface area contributed by atoms with Crippen molar-refractivity contribution in [3.63, 3.8) is 0 Å². The Kier molecular flexibility index (Phi) is 3.39. The Morgan fingerprint density at radius 2 is 2.47 bits per heavy atom. The minimum Gasteiger partial charge on any atom is -0.375 e. The fourth-order valence-corrected chi connectivity index (χ4v) is 1.35. The third-order valence-corrected chi connectivity index (χ3v) is 2.23. The molecule has 0 fully saturated rings. The number of H-pyrrole nitrogens is 1. The number of nitrogens with zero attached hydrogens (tertiary/aromatic N) is 3. The quantitative estimate of drug-likeness (QED) is 0.677. The highest BCUT2D eigenvalue weighted by Crippen LogP contribution is 2.05. The molecule has 2 heterocycles. The fourth-order valence-electron chi connectivity index (χ4n) is 1.35. The first-order valence-electron chi connectivity index (χ1n) is 5.23. The first-order valence-corrected chi connectivity index (χ1v) is 5.23. The Hall–Kier alpha value is -2.31. The number of imidazole rings is 1. The minimum absolute atomic E-state index is 0.0781. The number of aromatic amines is 1. The maximum Gasteiger partial charge on any atom is 0.241 e. The van der Waals surface area contributed by atoms with Crippen LogP contribution in [0.5, 0.6) is 0 Å². The summed E-state index contributed by atoms with van der Waals surface area (Å²) in [5.74, 6) is 0.773. The van der Waals surface area contributed by atoms with Crippen molar-refractivity contribution in [1.29, 1.82) is 0 Å². The van der Waals surface area contributed by atoms with Gasteiger partial charge < -0.3 is 15.6 Å². The number of nitrogens with one attached hydrogen (secondary N) is 3. The molecule has 0 saturated carbocycles. The van der Waals surface area contributed by atoms with Gasteiger partial charge >= 0.3 is 0 Å². The lowest BCUT2D eigenvalue weighted by Crippen LogP contribution is -2.23. The van der Waals surface area contributed by atoms with E-state index < -0.39 is 0 Å². The van der Waals surface area contributed by atoms with Crippen LogP contribution in [0.4, 0.5) is 5.69 Å². The van der Waals surface area contributed by atoms with Crippen molar-refractivity contribution in [3.8, 4) is 0 Å². The summed E-state index contributed by atoms with van der Waals surface area (Å²) in [6.07, 6.45) is 6.92. The second-order valence-corrected chi connectivity index (χ2v) is 3.49. The van der Waals surface area contributed by atoms with Crippen molar-refractivity contribution in [2.75, 3.05) is 12.4 Å². The molecule has 0 aromatic carbocycles. The van der Waals surface area contributed by atoms with Gasteiger partial charge in [-0.1, -0.05) is 0 Å². The van der Waals surface area contributed by atoms with Crippen LogP contribution in [0.25, 0.3) is 0 Å². The van der Waals surface area contributed by atoms with E-state index in [1.54, 1.807) is 36.5 Å². The Labute approximate surface area is 98.2 Å². The van der Waals surface area contributed by atoms with Crippen molar-refractivity contribution in [1.82, 2.24) is 25.1 Å². The van der Waals surface area contributed by atoms with Gasteiger partial charge in [0.1, 0.15) is 12.4 Å². The summed E-state index contributed by atoms with van der Waals surface area (Å²) in [6.45, 7) is 0.817. The van der Waals surface area contributed by atoms with E-state index in [0.29, 0.717) is 6.54 Å². The van der Waals surface area contributed by atoms with E-state index in [1.165, 1.54) is 0 Å². The van der Waals surface area contributed by atoms with Crippen LogP contribution < -0.4 is 10.6 Å². The zero-order valence-electron chi connectivity index (χ0n) is 9.47. The van der Waals surface area contributed by atoms with E-state index in [9.17, 15) is 4.79 Å². The topological polar surface area (TPSA) is 87.6 Å². The predicted molar refractivity (Wildman–Crippen MR) is 62.2 cm³/mol. The van der Waals surface area contributed by atoms with E-state index in [4.69, 9.17) is 0 Å². The molecule has 90 valence electrons. The highest BCUT2D eigenvalue weighted by molar-refractivity contribution is 5.75. The maximum absolute atomic E-state index is 11.1. The average molecular weight is 234 g/mol. The second kappa shape index (κ2) is 5.15. The van der Waals surface area contributed by atoms with Crippen molar-refractivity contribution in [3.05, 3.63) is 30.6 Å². The first kappa shape index (κ1) is 11.2. The van der Waals surface area contributed by atoms with Gasteiger partial charge in [-0.15, -0.1) is 0 Å². The zero-order chi connectivity index (χ0) is 12.1. The van der Waals surface area contributed by atoms with Crippen LogP contribution in [0.3, 0.4) is 0 Å². The molecule has 17 heavy (non-hydrogen) atoms. The molecular formula is C10H14N6O. The average Bonchev–Trinajstić information content (AvgIpc) is 2.97. The van der Waals surface area contributed by atoms with Crippen LogP contribution in [0.1, 0.15) is 5.82 Å². The summed E-state index contributed by atoms with van der Waals surface area (Å²) in [4.78, 5) is 18.2. The lowest BCUT2D eigenvalue weighted by atomic mass is 10.5. The van der Waals surface area contributed by atoms with Gasteiger partial charge in [0, 0.05) is 25.6 Å². The molecule has 0 unspecified atom stereocenters. The highest BCUT2D eigenvalue weighted by atomic mass is 16.1. The normalized spacial score (nSPS) is 10.2. The SMILES string of the molecule is CNC(=O)Cn1cc(NCc2ncc[nH]2)cn1. The molecule has 2 aromatic heterocycles. The van der Waals surface area contributed by atoms with E-state index in [1.807, 2.05) is 0 Å². The van der Waals surface area contributed by atoms with E-state index >= 15 is 0 Å². The number of anilines is 1. The van der Waals surface area contributed by atoms with Gasteiger partial charge in [0.2, 0.25) is 5.91 Å². The summed E-state index contributed by atoms with van der Waals surface area (Å²) in [6, 6.07) is 0. The Morgan fingerprint density at radius 1 is 1.59 bits per heavy atom. The standard InChI is InChI=1S/C10H14N6O/c1-11-10(17)7-16-6-8(4-15-16)14-5-9-12-2-3-13-9/h2-4,6,14H,5,7H2,1H3,(H,11,17)(H,12,13). The van der Waals surface area contributed by atoms with Gasteiger partial charge in [-0.2, -0.15) is 5.10 Å². The summed E-state index contributed by atoms with van der Waals surface area (Å²) in [5, 5.41) is 9.76. The molecule has 0 aliphatic heterocycles. The number of amides is 1. The number of hydrogen-bond donors (Lipinski definition) is 3. The molecule has 3 N–H and O–H groups in total. The number of hydrogen-bond acceptors (Lipinski definition) is 4. The summed E-state index contributed by atoms with van der Waals surface area (Å²) in [5.41, 5.74) is 0.852. The van der Waals surface area contributed by atoms with Gasteiger partial charge in [-0.25, -0.2) is 4.98 Å². The molecule has 7 nitrogen and oxygen atoms in total. The molecular weight excluding hydrogens is 220 g/mol. The number of carbonyl (C=O) groups is 1. The van der Waals surface area contributed by atoms with Crippen LogP contribution in [0.15, 0.2) is 24.8 Å². The molecule has 0 spiro atoms. The van der Waals surface area contributed by atoms with Gasteiger partial charge in [-0.05, 0) is 0 Å². The molecule has 0 bridgehead atoms. The third kappa shape index (κ3) is 3.07. The van der Waals surface area contributed by atoms with Gasteiger partial charge in [0.15, 0.2) is 0 Å². The van der Waals surface area contributed by atoms with Crippen LogP contribution in [0, 0.1) is 0 Å². The zero-order valence-corrected chi connectivity index (χ0v) is 9.47. The Balaban J connectivity index is 1.88. The Morgan fingerprint density at radius 3 is 3.18 bits per heavy atom. The van der Waals surface area contributed by atoms with E-state index in [-0.39, 0.29) is 12.5 Å². The molecule has 0 radical (unpaired) electrons. The molecule has 0 atom stereocenters. The molecule has 0 saturated heterocycles. The predicted octanol–water partition coefficient (Wildman–Crippen LogP) is -0.0357. The van der Waals surface area contributed by atoms with E-state index in [2.05, 4.69) is 25.7 Å². The van der Waals surface area contributed by atoms with Gasteiger partial charge in [0.05, 0.1) is 18.4 Å². The first-order chi connectivity index (χ1) is 8.28. The lowest BCUT2D eigenvalue weighted by molar-refractivity contribution is -0.121. The third-order valence-electron chi connectivity index (χ3n) is 2.23. The number of rotatable bonds is 5. The minimum atomic E-state index is -0.0781. The van der Waals surface area contributed by atoms with Crippen molar-refractivity contribution >= 4 is 11.6 Å². The van der Waals surface area contributed by atoms with Crippen LogP contribution in [-0.4, -0.2) is 32.7 Å². The monoisotopic (exact) mass is 234 g/mol. The smallest absolute Gasteiger partial charge is 0.241 e. The van der Waals surface area contributed by atoms with Crippen LogP contribution in [0.2, 0.25) is 0 Å². The lowest BCUT2D eigenvalue weighted by Gasteiger charge is -2.00. The number of likely N-dealkylation sites (N-methyl/N-ethyl adjacent to an activating group) is 1. The summed E-state index contributed by atoms with van der Waals surface area (Å²) < 4.78 is 1.57. The highest BCUT2D eigenvalue weighted by Gasteiger charge is 2.02. The maximum atomic E-state index is 11.1. The molecule has 1 amide bonds. The van der Waals surface area contributed by atoms with Crippen LogP contribution in [-0.2, 0) is 17.9 Å². The van der Waals surface area contributed by atoms with Crippen molar-refractivity contribution in [2.45, 2.75) is 13.1 Å². The van der Waals surface area contributed by atoms with E-state index in [0.717, 1.165) is 11.5 Å².